The van der Waals surface area contributed by atoms with Gasteiger partial charge in [0.05, 0.1) is 6.04 Å². The molecule has 0 aliphatic rings. The Labute approximate surface area is 118 Å². The minimum atomic E-state index is -0.215. The van der Waals surface area contributed by atoms with Gasteiger partial charge in [0.25, 0.3) is 0 Å². The van der Waals surface area contributed by atoms with Gasteiger partial charge in [-0.15, -0.1) is 11.3 Å². The van der Waals surface area contributed by atoms with Gasteiger partial charge < -0.3 is 15.7 Å². The second-order valence-corrected chi connectivity index (χ2v) is 5.74. The van der Waals surface area contributed by atoms with E-state index in [-0.39, 0.29) is 30.6 Å². The zero-order valence-corrected chi connectivity index (χ0v) is 12.8. The van der Waals surface area contributed by atoms with Crippen molar-refractivity contribution in [3.63, 3.8) is 0 Å². The third-order valence-electron chi connectivity index (χ3n) is 3.15. The number of amides is 2. The van der Waals surface area contributed by atoms with Crippen molar-refractivity contribution in [2.45, 2.75) is 46.2 Å². The molecule has 3 atom stereocenters. The molecule has 19 heavy (non-hydrogen) atoms. The molecule has 0 aromatic carbocycles. The van der Waals surface area contributed by atoms with Crippen molar-refractivity contribution in [2.24, 2.45) is 5.92 Å². The first-order valence-electron chi connectivity index (χ1n) is 6.57. The van der Waals surface area contributed by atoms with Crippen molar-refractivity contribution in [3.8, 4) is 0 Å². The van der Waals surface area contributed by atoms with Crippen LogP contribution in [0.15, 0.2) is 5.38 Å². The molecular formula is C13H23N3O2S. The van der Waals surface area contributed by atoms with Gasteiger partial charge in [0, 0.05) is 23.7 Å². The number of thiazole rings is 1. The Kier molecular flexibility index (Phi) is 6.24. The van der Waals surface area contributed by atoms with Gasteiger partial charge in [-0.05, 0) is 26.2 Å². The quantitative estimate of drug-likeness (QED) is 0.750. The molecule has 108 valence electrons. The Morgan fingerprint density at radius 3 is 2.63 bits per heavy atom. The van der Waals surface area contributed by atoms with E-state index in [1.165, 1.54) is 0 Å². The van der Waals surface area contributed by atoms with Crippen LogP contribution in [0, 0.1) is 12.8 Å². The lowest BCUT2D eigenvalue weighted by molar-refractivity contribution is 0.199. The van der Waals surface area contributed by atoms with Crippen molar-refractivity contribution in [3.05, 3.63) is 16.1 Å². The number of aliphatic hydroxyl groups is 1. The first-order valence-corrected chi connectivity index (χ1v) is 7.45. The number of carbonyl (C=O) groups excluding carboxylic acids is 1. The van der Waals surface area contributed by atoms with E-state index in [4.69, 9.17) is 5.11 Å². The average molecular weight is 285 g/mol. The molecule has 0 saturated heterocycles. The maximum Gasteiger partial charge on any atom is 0.315 e. The van der Waals surface area contributed by atoms with E-state index in [9.17, 15) is 4.79 Å². The minimum absolute atomic E-state index is 0.0351. The zero-order valence-electron chi connectivity index (χ0n) is 11.9. The SMILES string of the molecule is CCC(NC(=O)NC(C)C(C)CO)c1nc(C)cs1. The molecule has 5 nitrogen and oxygen atoms in total. The lowest BCUT2D eigenvalue weighted by Gasteiger charge is -2.21. The molecule has 0 saturated carbocycles. The van der Waals surface area contributed by atoms with Crippen LogP contribution in [0.25, 0.3) is 0 Å². The van der Waals surface area contributed by atoms with E-state index in [0.29, 0.717) is 0 Å². The lowest BCUT2D eigenvalue weighted by Crippen LogP contribution is -2.45. The molecule has 6 heteroatoms. The van der Waals surface area contributed by atoms with E-state index in [2.05, 4.69) is 15.6 Å². The fraction of sp³-hybridized carbons (Fsp3) is 0.692. The first-order chi connectivity index (χ1) is 8.97. The number of carbonyl (C=O) groups is 1. The summed E-state index contributed by atoms with van der Waals surface area (Å²) in [7, 11) is 0. The van der Waals surface area contributed by atoms with Gasteiger partial charge in [0.1, 0.15) is 5.01 Å². The summed E-state index contributed by atoms with van der Waals surface area (Å²) in [4.78, 5) is 16.3. The van der Waals surface area contributed by atoms with Gasteiger partial charge in [-0.1, -0.05) is 13.8 Å². The maximum atomic E-state index is 11.9. The summed E-state index contributed by atoms with van der Waals surface area (Å²) in [6.07, 6.45) is 0.796. The number of aryl methyl sites for hydroxylation is 1. The van der Waals surface area contributed by atoms with Crippen LogP contribution in [0.3, 0.4) is 0 Å². The van der Waals surface area contributed by atoms with Gasteiger partial charge in [-0.3, -0.25) is 0 Å². The van der Waals surface area contributed by atoms with Crippen LogP contribution >= 0.6 is 11.3 Å². The monoisotopic (exact) mass is 285 g/mol. The van der Waals surface area contributed by atoms with Gasteiger partial charge in [0.2, 0.25) is 0 Å². The van der Waals surface area contributed by atoms with Crippen LogP contribution in [0.4, 0.5) is 4.79 Å². The number of nitrogens with one attached hydrogen (secondary N) is 2. The Morgan fingerprint density at radius 1 is 1.47 bits per heavy atom. The molecule has 3 unspecified atom stereocenters. The van der Waals surface area contributed by atoms with E-state index in [0.717, 1.165) is 17.1 Å². The third kappa shape index (κ3) is 4.80. The number of rotatable bonds is 6. The van der Waals surface area contributed by atoms with Crippen LogP contribution in [-0.2, 0) is 0 Å². The van der Waals surface area contributed by atoms with Crippen LogP contribution in [-0.4, -0.2) is 28.8 Å². The molecule has 0 aliphatic carbocycles. The standard InChI is InChI=1S/C13H23N3O2S/c1-5-11(12-14-9(3)7-19-12)16-13(18)15-10(4)8(2)6-17/h7-8,10-11,17H,5-6H2,1-4H3,(H2,15,16,18). The molecule has 1 aromatic heterocycles. The summed E-state index contributed by atoms with van der Waals surface area (Å²) < 4.78 is 0. The average Bonchev–Trinajstić information content (AvgIpc) is 2.81. The lowest BCUT2D eigenvalue weighted by atomic mass is 10.1. The molecule has 2 amide bonds. The molecule has 0 fully saturated rings. The van der Waals surface area contributed by atoms with Crippen LogP contribution in [0.1, 0.15) is 43.9 Å². The molecule has 3 N–H and O–H groups in total. The van der Waals surface area contributed by atoms with Crippen molar-refractivity contribution in [2.75, 3.05) is 6.61 Å². The molecule has 1 aromatic rings. The van der Waals surface area contributed by atoms with E-state index in [1.54, 1.807) is 11.3 Å². The molecule has 0 aliphatic heterocycles. The Balaban J connectivity index is 2.54. The smallest absolute Gasteiger partial charge is 0.315 e. The highest BCUT2D eigenvalue weighted by molar-refractivity contribution is 7.09. The second-order valence-electron chi connectivity index (χ2n) is 4.85. The topological polar surface area (TPSA) is 74.2 Å². The van der Waals surface area contributed by atoms with E-state index < -0.39 is 0 Å². The molecule has 0 spiro atoms. The molecule has 1 heterocycles. The van der Waals surface area contributed by atoms with E-state index >= 15 is 0 Å². The van der Waals surface area contributed by atoms with E-state index in [1.807, 2.05) is 33.1 Å². The largest absolute Gasteiger partial charge is 0.396 e. The summed E-state index contributed by atoms with van der Waals surface area (Å²) in [6.45, 7) is 7.80. The van der Waals surface area contributed by atoms with Gasteiger partial charge in [0.15, 0.2) is 0 Å². The highest BCUT2D eigenvalue weighted by atomic mass is 32.1. The number of aliphatic hydroxyl groups excluding tert-OH is 1. The highest BCUT2D eigenvalue weighted by Crippen LogP contribution is 2.20. The van der Waals surface area contributed by atoms with Gasteiger partial charge >= 0.3 is 6.03 Å². The summed E-state index contributed by atoms with van der Waals surface area (Å²) in [5, 5.41) is 17.7. The second kappa shape index (κ2) is 7.45. The first kappa shape index (κ1) is 15.9. The summed E-state index contributed by atoms with van der Waals surface area (Å²) in [5.74, 6) is 0.0351. The maximum absolute atomic E-state index is 11.9. The molecule has 0 radical (unpaired) electrons. The Bertz CT molecular complexity index is 408. The minimum Gasteiger partial charge on any atom is -0.396 e. The summed E-state index contributed by atoms with van der Waals surface area (Å²) >= 11 is 1.56. The molecular weight excluding hydrogens is 262 g/mol. The Hall–Kier alpha value is -1.14. The van der Waals surface area contributed by atoms with Gasteiger partial charge in [-0.2, -0.15) is 0 Å². The predicted molar refractivity (Wildman–Crippen MR) is 77.3 cm³/mol. The fourth-order valence-electron chi connectivity index (χ4n) is 1.58. The van der Waals surface area contributed by atoms with Crippen molar-refractivity contribution in [1.29, 1.82) is 0 Å². The fourth-order valence-corrected chi connectivity index (χ4v) is 2.51. The Morgan fingerprint density at radius 2 is 2.16 bits per heavy atom. The molecule has 1 rings (SSSR count). The van der Waals surface area contributed by atoms with Crippen LogP contribution in [0.2, 0.25) is 0 Å². The van der Waals surface area contributed by atoms with Gasteiger partial charge in [-0.25, -0.2) is 9.78 Å². The van der Waals surface area contributed by atoms with Crippen molar-refractivity contribution in [1.82, 2.24) is 15.6 Å². The van der Waals surface area contributed by atoms with Crippen molar-refractivity contribution < 1.29 is 9.90 Å². The predicted octanol–water partition coefficient (Wildman–Crippen LogP) is 2.22. The number of hydrogen-bond acceptors (Lipinski definition) is 4. The molecule has 0 bridgehead atoms. The van der Waals surface area contributed by atoms with Crippen LogP contribution in [0.5, 0.6) is 0 Å². The summed E-state index contributed by atoms with van der Waals surface area (Å²) in [5.41, 5.74) is 0.975. The zero-order chi connectivity index (χ0) is 14.4. The normalized spacial score (nSPS) is 15.6. The van der Waals surface area contributed by atoms with Crippen molar-refractivity contribution >= 4 is 17.4 Å². The number of nitrogens with zero attached hydrogens (tertiary/aromatic N) is 1. The number of urea groups is 1. The third-order valence-corrected chi connectivity index (χ3v) is 4.23. The van der Waals surface area contributed by atoms with Crippen LogP contribution < -0.4 is 10.6 Å². The highest BCUT2D eigenvalue weighted by Gasteiger charge is 2.18. The number of aromatic nitrogens is 1. The summed E-state index contributed by atoms with van der Waals surface area (Å²) in [6, 6.07) is -0.344. The number of hydrogen-bond donors (Lipinski definition) is 3.